The first-order valence-corrected chi connectivity index (χ1v) is 14.9. The van der Waals surface area contributed by atoms with Crippen molar-refractivity contribution in [1.29, 1.82) is 0 Å². The third kappa shape index (κ3) is 6.37. The van der Waals surface area contributed by atoms with Crippen LogP contribution in [0.3, 0.4) is 0 Å². The summed E-state index contributed by atoms with van der Waals surface area (Å²) in [5, 5.41) is 11.6. The van der Waals surface area contributed by atoms with Crippen LogP contribution < -0.4 is 15.0 Å². The quantitative estimate of drug-likeness (QED) is 0.200. The lowest BCUT2D eigenvalue weighted by Crippen LogP contribution is -2.60. The zero-order chi connectivity index (χ0) is 28.8. The van der Waals surface area contributed by atoms with Crippen molar-refractivity contribution in [2.75, 3.05) is 17.8 Å². The van der Waals surface area contributed by atoms with Gasteiger partial charge < -0.3 is 10.1 Å². The van der Waals surface area contributed by atoms with E-state index < -0.39 is 11.6 Å². The predicted octanol–water partition coefficient (Wildman–Crippen LogP) is 6.46. The summed E-state index contributed by atoms with van der Waals surface area (Å²) in [6, 6.07) is 21.4. The molecule has 1 heterocycles. The van der Waals surface area contributed by atoms with Crippen molar-refractivity contribution >= 4 is 52.5 Å². The lowest BCUT2D eigenvalue weighted by atomic mass is 9.90. The highest BCUT2D eigenvalue weighted by Gasteiger charge is 2.49. The molecule has 3 aromatic carbocycles. The van der Waals surface area contributed by atoms with Gasteiger partial charge in [-0.05, 0) is 66.4 Å². The number of carbonyl (C=O) groups is 2. The van der Waals surface area contributed by atoms with Crippen LogP contribution in [0.25, 0.3) is 0 Å². The first-order valence-electron chi connectivity index (χ1n) is 13.2. The number of hydrogen-bond donors (Lipinski definition) is 2. The number of benzene rings is 3. The zero-order valence-corrected chi connectivity index (χ0v) is 24.7. The average Bonchev–Trinajstić information content (AvgIpc) is 3.70. The van der Waals surface area contributed by atoms with Gasteiger partial charge in [-0.1, -0.05) is 78.1 Å². The molecule has 1 unspecified atom stereocenters. The number of H-pyrrole nitrogens is 1. The zero-order valence-electron chi connectivity index (χ0n) is 22.3. The van der Waals surface area contributed by atoms with Gasteiger partial charge in [-0.25, -0.2) is 4.98 Å². The van der Waals surface area contributed by atoms with E-state index in [1.165, 1.54) is 18.1 Å². The van der Waals surface area contributed by atoms with Crippen LogP contribution in [-0.4, -0.2) is 45.4 Å². The van der Waals surface area contributed by atoms with Crippen LogP contribution in [0.15, 0.2) is 84.3 Å². The number of anilines is 1. The van der Waals surface area contributed by atoms with Crippen LogP contribution in [0, 0.1) is 0 Å². The summed E-state index contributed by atoms with van der Waals surface area (Å²) in [5.74, 6) is 0.267. The van der Waals surface area contributed by atoms with E-state index in [4.69, 9.17) is 27.9 Å². The molecule has 2 N–H and O–H groups in total. The predicted molar refractivity (Wildman–Crippen MR) is 162 cm³/mol. The van der Waals surface area contributed by atoms with E-state index in [0.29, 0.717) is 39.5 Å². The van der Waals surface area contributed by atoms with Crippen LogP contribution in [0.2, 0.25) is 10.0 Å². The third-order valence-electron chi connectivity index (χ3n) is 7.28. The number of ether oxygens (including phenoxy) is 1. The minimum atomic E-state index is -1.11. The summed E-state index contributed by atoms with van der Waals surface area (Å²) in [4.78, 5) is 34.3. The fraction of sp³-hybridized carbons (Fsp3) is 0.267. The number of nitrogens with zero attached hydrogens (tertiary/aromatic N) is 3. The van der Waals surface area contributed by atoms with Gasteiger partial charge in [0, 0.05) is 15.7 Å². The highest BCUT2D eigenvalue weighted by Crippen LogP contribution is 2.41. The summed E-state index contributed by atoms with van der Waals surface area (Å²) in [7, 11) is 1.59. The van der Waals surface area contributed by atoms with Gasteiger partial charge >= 0.3 is 0 Å². The number of carbonyl (C=O) groups excluding carboxylic acids is 2. The van der Waals surface area contributed by atoms with Crippen LogP contribution in [0.4, 0.5) is 5.69 Å². The maximum absolute atomic E-state index is 14.5. The van der Waals surface area contributed by atoms with Gasteiger partial charge in [0.2, 0.25) is 11.8 Å². The van der Waals surface area contributed by atoms with Crippen LogP contribution in [-0.2, 0) is 9.59 Å². The Morgan fingerprint density at radius 1 is 1.05 bits per heavy atom. The minimum absolute atomic E-state index is 0.0708. The number of hydrogen-bond acceptors (Lipinski definition) is 6. The number of nitrogens with one attached hydrogen (secondary N) is 2. The monoisotopic (exact) mass is 609 g/mol. The lowest BCUT2D eigenvalue weighted by Gasteiger charge is -2.41. The molecule has 1 aliphatic carbocycles. The maximum atomic E-state index is 14.5. The summed E-state index contributed by atoms with van der Waals surface area (Å²) in [5.41, 5.74) is 1.08. The SMILES string of the molecule is COc1ccc(N(C(=O)CSc2ncn[nH]2)C2(C(=O)NC(c3ccc(Cl)cc3)c3ccccc3Cl)CCCC2)cc1. The largest absolute Gasteiger partial charge is 0.497 e. The first kappa shape index (κ1) is 29.0. The van der Waals surface area contributed by atoms with E-state index in [-0.39, 0.29) is 17.6 Å². The Balaban J connectivity index is 1.53. The number of halogens is 2. The standard InChI is InChI=1S/C30H29Cl2N5O3S/c1-40-23-14-12-22(13-15-23)37(26(38)18-41-29-33-19-34-36-29)30(16-4-5-17-30)28(39)35-27(20-8-10-21(31)11-9-20)24-6-2-3-7-25(24)32/h2-3,6-15,19,27H,4-5,16-18H2,1H3,(H,35,39)(H,33,34,36). The van der Waals surface area contributed by atoms with Gasteiger partial charge in [-0.2, -0.15) is 5.10 Å². The molecule has 4 aromatic rings. The number of methoxy groups -OCH3 is 1. The van der Waals surface area contributed by atoms with E-state index >= 15 is 0 Å². The molecule has 0 aliphatic heterocycles. The molecule has 0 bridgehead atoms. The molecule has 8 nitrogen and oxygen atoms in total. The third-order valence-corrected chi connectivity index (χ3v) is 8.74. The van der Waals surface area contributed by atoms with Crippen molar-refractivity contribution in [3.8, 4) is 5.75 Å². The molecule has 0 radical (unpaired) electrons. The second-order valence-corrected chi connectivity index (χ2v) is 11.5. The molecular formula is C30H29Cl2N5O3S. The Morgan fingerprint density at radius 3 is 2.39 bits per heavy atom. The fourth-order valence-corrected chi connectivity index (χ4v) is 6.30. The summed E-state index contributed by atoms with van der Waals surface area (Å²) < 4.78 is 5.35. The fourth-order valence-electron chi connectivity index (χ4n) is 5.30. The molecule has 41 heavy (non-hydrogen) atoms. The van der Waals surface area contributed by atoms with Crippen molar-refractivity contribution in [1.82, 2.24) is 20.5 Å². The highest BCUT2D eigenvalue weighted by molar-refractivity contribution is 7.99. The van der Waals surface area contributed by atoms with Crippen LogP contribution in [0.1, 0.15) is 42.9 Å². The molecule has 212 valence electrons. The molecule has 1 aliphatic rings. The van der Waals surface area contributed by atoms with E-state index in [9.17, 15) is 9.59 Å². The number of aromatic nitrogens is 3. The normalized spacial score (nSPS) is 14.8. The molecule has 0 saturated heterocycles. The van der Waals surface area contributed by atoms with Crippen molar-refractivity contribution < 1.29 is 14.3 Å². The van der Waals surface area contributed by atoms with Crippen molar-refractivity contribution in [3.63, 3.8) is 0 Å². The van der Waals surface area contributed by atoms with Gasteiger partial charge in [-0.15, -0.1) is 0 Å². The molecular weight excluding hydrogens is 581 g/mol. The Hall–Kier alpha value is -3.53. The van der Waals surface area contributed by atoms with E-state index in [2.05, 4.69) is 20.5 Å². The molecule has 1 atom stereocenters. The number of rotatable bonds is 10. The minimum Gasteiger partial charge on any atom is -0.497 e. The van der Waals surface area contributed by atoms with Gasteiger partial charge in [-0.3, -0.25) is 19.6 Å². The summed E-state index contributed by atoms with van der Waals surface area (Å²) >= 11 is 14.1. The van der Waals surface area contributed by atoms with Crippen molar-refractivity contribution in [3.05, 3.63) is 100 Å². The van der Waals surface area contributed by atoms with Crippen molar-refractivity contribution in [2.24, 2.45) is 0 Å². The smallest absolute Gasteiger partial charge is 0.247 e. The molecule has 5 rings (SSSR count). The number of aromatic amines is 1. The molecule has 1 fully saturated rings. The average molecular weight is 611 g/mol. The number of amides is 2. The number of thioether (sulfide) groups is 1. The Labute approximate surface area is 252 Å². The van der Waals surface area contributed by atoms with Crippen molar-refractivity contribution in [2.45, 2.75) is 42.4 Å². The topological polar surface area (TPSA) is 100 Å². The maximum Gasteiger partial charge on any atom is 0.247 e. The second-order valence-electron chi connectivity index (χ2n) is 9.72. The van der Waals surface area contributed by atoms with Gasteiger partial charge in [0.15, 0.2) is 5.16 Å². The Bertz CT molecular complexity index is 1480. The molecule has 1 saturated carbocycles. The molecule has 0 spiro atoms. The molecule has 2 amide bonds. The second kappa shape index (κ2) is 13.0. The van der Waals surface area contributed by atoms with Crippen LogP contribution >= 0.6 is 35.0 Å². The summed E-state index contributed by atoms with van der Waals surface area (Å²) in [6.45, 7) is 0. The first-order chi connectivity index (χ1) is 19.9. The molecule has 11 heteroatoms. The van der Waals surface area contributed by atoms with E-state index in [1.54, 1.807) is 42.3 Å². The van der Waals surface area contributed by atoms with Gasteiger partial charge in [0.1, 0.15) is 17.6 Å². The van der Waals surface area contributed by atoms with E-state index in [0.717, 1.165) is 24.0 Å². The lowest BCUT2D eigenvalue weighted by molar-refractivity contribution is -0.130. The van der Waals surface area contributed by atoms with E-state index in [1.807, 2.05) is 42.5 Å². The Morgan fingerprint density at radius 2 is 1.76 bits per heavy atom. The summed E-state index contributed by atoms with van der Waals surface area (Å²) in [6.07, 6.45) is 4.03. The van der Waals surface area contributed by atoms with Gasteiger partial charge in [0.25, 0.3) is 0 Å². The molecule has 1 aromatic heterocycles. The van der Waals surface area contributed by atoms with Gasteiger partial charge in [0.05, 0.1) is 18.9 Å². The van der Waals surface area contributed by atoms with Crippen LogP contribution in [0.5, 0.6) is 5.75 Å². The Kier molecular flexibility index (Phi) is 9.17. The highest BCUT2D eigenvalue weighted by atomic mass is 35.5.